The van der Waals surface area contributed by atoms with Gasteiger partial charge in [0.1, 0.15) is 11.1 Å². The molecule has 7 heteroatoms. The summed E-state index contributed by atoms with van der Waals surface area (Å²) in [5, 5.41) is 2.01. The molecule has 0 aliphatic carbocycles. The average Bonchev–Trinajstić information content (AvgIpc) is 2.54. The first-order valence-electron chi connectivity index (χ1n) is 6.63. The molecule has 0 aliphatic rings. The van der Waals surface area contributed by atoms with Crippen LogP contribution in [-0.2, 0) is 0 Å². The minimum atomic E-state index is -1.65. The molecule has 0 aliphatic heterocycles. The predicted octanol–water partition coefficient (Wildman–Crippen LogP) is 4.91. The van der Waals surface area contributed by atoms with Crippen LogP contribution in [0.25, 0.3) is 0 Å². The summed E-state index contributed by atoms with van der Waals surface area (Å²) in [4.78, 5) is 13.2. The summed E-state index contributed by atoms with van der Waals surface area (Å²) in [6.45, 7) is 0. The number of nitrogens with one attached hydrogen (secondary N) is 1. The average molecular weight is 391 g/mol. The Morgan fingerprint density at radius 3 is 2.22 bits per heavy atom. The number of carbonyl (C=O) groups excluding carboxylic acids is 1. The summed E-state index contributed by atoms with van der Waals surface area (Å²) in [5.74, 6) is 0.338. The van der Waals surface area contributed by atoms with Gasteiger partial charge in [0, 0.05) is 10.5 Å². The van der Waals surface area contributed by atoms with Crippen LogP contribution in [0.5, 0.6) is 5.75 Å². The summed E-state index contributed by atoms with van der Waals surface area (Å²) in [7, 11) is 1.56. The van der Waals surface area contributed by atoms with Gasteiger partial charge in [-0.3, -0.25) is 4.79 Å². The molecule has 1 atom stereocenters. The number of thioether (sulfide) groups is 1. The Kier molecular flexibility index (Phi) is 6.48. The van der Waals surface area contributed by atoms with Crippen LogP contribution in [0.3, 0.4) is 0 Å². The molecule has 0 saturated heterocycles. The molecule has 3 nitrogen and oxygen atoms in total. The van der Waals surface area contributed by atoms with Crippen LogP contribution in [0, 0.1) is 0 Å². The number of hydrogen-bond donors (Lipinski definition) is 1. The number of carbonyl (C=O) groups is 1. The first kappa shape index (κ1) is 18.3. The summed E-state index contributed by atoms with van der Waals surface area (Å²) >= 11 is 19.3. The van der Waals surface area contributed by atoms with E-state index in [2.05, 4.69) is 5.32 Å². The van der Waals surface area contributed by atoms with Crippen LogP contribution < -0.4 is 10.1 Å². The first-order valence-corrected chi connectivity index (χ1v) is 8.65. The van der Waals surface area contributed by atoms with Crippen LogP contribution in [-0.4, -0.2) is 22.2 Å². The van der Waals surface area contributed by atoms with Crippen molar-refractivity contribution in [2.75, 3.05) is 7.11 Å². The molecule has 0 radical (unpaired) electrons. The third kappa shape index (κ3) is 5.50. The fourth-order valence-corrected chi connectivity index (χ4v) is 3.21. The Hall–Kier alpha value is -1.07. The molecule has 0 bridgehead atoms. The Morgan fingerprint density at radius 2 is 1.70 bits per heavy atom. The van der Waals surface area contributed by atoms with Crippen LogP contribution in [0.2, 0.25) is 0 Å². The number of benzene rings is 2. The minimum Gasteiger partial charge on any atom is -0.497 e. The monoisotopic (exact) mass is 389 g/mol. The lowest BCUT2D eigenvalue weighted by molar-refractivity contribution is 0.0950. The Labute approximate surface area is 154 Å². The zero-order valence-electron chi connectivity index (χ0n) is 12.1. The van der Waals surface area contributed by atoms with Crippen molar-refractivity contribution in [3.05, 3.63) is 60.2 Å². The van der Waals surface area contributed by atoms with Gasteiger partial charge in [-0.1, -0.05) is 64.8 Å². The zero-order valence-corrected chi connectivity index (χ0v) is 15.2. The number of hydrogen-bond acceptors (Lipinski definition) is 3. The number of amides is 1. The molecule has 122 valence electrons. The van der Waals surface area contributed by atoms with Crippen LogP contribution in [0.15, 0.2) is 59.5 Å². The van der Waals surface area contributed by atoms with Gasteiger partial charge in [-0.25, -0.2) is 0 Å². The van der Waals surface area contributed by atoms with Gasteiger partial charge in [-0.2, -0.15) is 0 Å². The lowest BCUT2D eigenvalue weighted by atomic mass is 10.2. The van der Waals surface area contributed by atoms with Gasteiger partial charge in [0.25, 0.3) is 5.91 Å². The summed E-state index contributed by atoms with van der Waals surface area (Å²) in [6.07, 6.45) is 0. The van der Waals surface area contributed by atoms with E-state index >= 15 is 0 Å². The largest absolute Gasteiger partial charge is 0.497 e. The van der Waals surface area contributed by atoms with Crippen molar-refractivity contribution < 1.29 is 9.53 Å². The van der Waals surface area contributed by atoms with Crippen molar-refractivity contribution >= 4 is 52.5 Å². The van der Waals surface area contributed by atoms with Gasteiger partial charge < -0.3 is 10.1 Å². The lowest BCUT2D eigenvalue weighted by Crippen LogP contribution is -2.41. The van der Waals surface area contributed by atoms with E-state index in [9.17, 15) is 4.79 Å². The summed E-state index contributed by atoms with van der Waals surface area (Å²) in [6, 6.07) is 16.1. The van der Waals surface area contributed by atoms with E-state index in [1.165, 1.54) is 11.8 Å². The molecule has 0 unspecified atom stereocenters. The van der Waals surface area contributed by atoms with E-state index in [0.29, 0.717) is 11.3 Å². The predicted molar refractivity (Wildman–Crippen MR) is 96.8 cm³/mol. The highest BCUT2D eigenvalue weighted by Crippen LogP contribution is 2.39. The van der Waals surface area contributed by atoms with Crippen molar-refractivity contribution in [1.29, 1.82) is 0 Å². The molecule has 0 saturated carbocycles. The number of rotatable bonds is 5. The molecule has 0 spiro atoms. The number of alkyl halides is 3. The van der Waals surface area contributed by atoms with E-state index in [0.717, 1.165) is 4.90 Å². The maximum absolute atomic E-state index is 12.4. The Balaban J connectivity index is 2.12. The number of ether oxygens (including phenoxy) is 1. The molecule has 2 rings (SSSR count). The summed E-state index contributed by atoms with van der Waals surface area (Å²) in [5.41, 5.74) is 0.457. The van der Waals surface area contributed by atoms with Gasteiger partial charge >= 0.3 is 0 Å². The van der Waals surface area contributed by atoms with E-state index in [4.69, 9.17) is 39.5 Å². The van der Waals surface area contributed by atoms with Gasteiger partial charge in [0.2, 0.25) is 3.79 Å². The zero-order chi connectivity index (χ0) is 16.9. The smallest absolute Gasteiger partial charge is 0.252 e. The van der Waals surface area contributed by atoms with Crippen LogP contribution in [0.4, 0.5) is 0 Å². The molecule has 23 heavy (non-hydrogen) atoms. The third-order valence-electron chi connectivity index (χ3n) is 2.91. The fraction of sp³-hybridized carbons (Fsp3) is 0.188. The molecule has 1 N–H and O–H groups in total. The molecule has 0 heterocycles. The molecule has 2 aromatic rings. The molecule has 0 aromatic heterocycles. The van der Waals surface area contributed by atoms with Crippen LogP contribution in [0.1, 0.15) is 10.4 Å². The van der Waals surface area contributed by atoms with Gasteiger partial charge in [-0.15, -0.1) is 0 Å². The van der Waals surface area contributed by atoms with E-state index < -0.39 is 9.17 Å². The van der Waals surface area contributed by atoms with Crippen molar-refractivity contribution in [3.8, 4) is 5.75 Å². The quantitative estimate of drug-likeness (QED) is 0.448. The molecule has 2 aromatic carbocycles. The van der Waals surface area contributed by atoms with Crippen molar-refractivity contribution in [3.63, 3.8) is 0 Å². The van der Waals surface area contributed by atoms with Crippen molar-refractivity contribution in [1.82, 2.24) is 5.32 Å². The second kappa shape index (κ2) is 8.15. The Bertz CT molecular complexity index is 645. The summed E-state index contributed by atoms with van der Waals surface area (Å²) < 4.78 is 3.41. The number of methoxy groups -OCH3 is 1. The number of halogens is 3. The highest BCUT2D eigenvalue weighted by atomic mass is 35.6. The van der Waals surface area contributed by atoms with E-state index in [-0.39, 0.29) is 5.91 Å². The highest BCUT2D eigenvalue weighted by molar-refractivity contribution is 8.00. The SMILES string of the molecule is COc1ccc(C(=O)N[C@@H](Sc2ccccc2)C(Cl)(Cl)Cl)cc1. The lowest BCUT2D eigenvalue weighted by Gasteiger charge is -2.25. The standard InChI is InChI=1S/C16H14Cl3NO2S/c1-22-12-9-7-11(8-10-12)14(21)20-15(16(17,18)19)23-13-5-3-2-4-6-13/h2-10,15H,1H3,(H,20,21)/t15-/m0/s1. The minimum absolute atomic E-state index is 0.326. The van der Waals surface area contributed by atoms with E-state index in [1.54, 1.807) is 31.4 Å². The Morgan fingerprint density at radius 1 is 1.09 bits per heavy atom. The molecular weight excluding hydrogens is 377 g/mol. The van der Waals surface area contributed by atoms with Crippen molar-refractivity contribution in [2.24, 2.45) is 0 Å². The first-order chi connectivity index (χ1) is 10.9. The van der Waals surface area contributed by atoms with E-state index in [1.807, 2.05) is 30.3 Å². The van der Waals surface area contributed by atoms with Gasteiger partial charge in [-0.05, 0) is 36.4 Å². The normalized spacial score (nSPS) is 12.5. The topological polar surface area (TPSA) is 38.3 Å². The second-order valence-corrected chi connectivity index (χ2v) is 8.10. The van der Waals surface area contributed by atoms with Gasteiger partial charge in [0.05, 0.1) is 7.11 Å². The highest BCUT2D eigenvalue weighted by Gasteiger charge is 2.35. The van der Waals surface area contributed by atoms with Gasteiger partial charge in [0.15, 0.2) is 0 Å². The maximum Gasteiger partial charge on any atom is 0.252 e. The third-order valence-corrected chi connectivity index (χ3v) is 5.20. The fourth-order valence-electron chi connectivity index (χ4n) is 1.76. The van der Waals surface area contributed by atoms with Crippen molar-refractivity contribution in [2.45, 2.75) is 14.1 Å². The second-order valence-electron chi connectivity index (χ2n) is 4.55. The van der Waals surface area contributed by atoms with Crippen LogP contribution >= 0.6 is 46.6 Å². The molecule has 0 fully saturated rings. The molecular formula is C16H14Cl3NO2S. The molecule has 1 amide bonds. The maximum atomic E-state index is 12.4.